The van der Waals surface area contributed by atoms with Crippen LogP contribution in [0.2, 0.25) is 0 Å². The number of phenolic OH excluding ortho intramolecular Hbond substituents is 2. The Hall–Kier alpha value is -2.88. The summed E-state index contributed by atoms with van der Waals surface area (Å²) in [6, 6.07) is 5.39. The molecule has 4 nitrogen and oxygen atoms in total. The lowest BCUT2D eigenvalue weighted by atomic mass is 9.95. The molecule has 0 aliphatic heterocycles. The minimum Gasteiger partial charge on any atom is -0.504 e. The molecule has 132 valence electrons. The zero-order chi connectivity index (χ0) is 18.6. The van der Waals surface area contributed by atoms with Gasteiger partial charge in [0.1, 0.15) is 0 Å². The van der Waals surface area contributed by atoms with Gasteiger partial charge in [-0.15, -0.1) is 0 Å². The summed E-state index contributed by atoms with van der Waals surface area (Å²) in [5.74, 6) is 0.698. The van der Waals surface area contributed by atoms with E-state index >= 15 is 0 Å². The molecule has 0 saturated heterocycles. The Morgan fingerprint density at radius 2 is 1.48 bits per heavy atom. The van der Waals surface area contributed by atoms with Crippen molar-refractivity contribution in [2.24, 2.45) is 0 Å². The van der Waals surface area contributed by atoms with E-state index in [1.54, 1.807) is 12.1 Å². The first-order valence-electron chi connectivity index (χ1n) is 8.05. The van der Waals surface area contributed by atoms with Gasteiger partial charge in [0.2, 0.25) is 0 Å². The monoisotopic (exact) mass is 340 g/mol. The van der Waals surface area contributed by atoms with Gasteiger partial charge in [-0.25, -0.2) is 0 Å². The molecule has 25 heavy (non-hydrogen) atoms. The van der Waals surface area contributed by atoms with Gasteiger partial charge in [0.25, 0.3) is 0 Å². The van der Waals surface area contributed by atoms with Crippen molar-refractivity contribution >= 4 is 12.2 Å². The Morgan fingerprint density at radius 3 is 2.04 bits per heavy atom. The molecular formula is C21H24O4. The SMILES string of the molecule is C/C=C/c1cc(OC)c(O)c(-c2cc(/C=C/C)c(C)c(OC)c2O)c1. The topological polar surface area (TPSA) is 58.9 Å². The van der Waals surface area contributed by atoms with E-state index in [1.807, 2.05) is 51.1 Å². The molecule has 2 aromatic carbocycles. The maximum Gasteiger partial charge on any atom is 0.166 e. The van der Waals surface area contributed by atoms with Crippen LogP contribution < -0.4 is 9.47 Å². The van der Waals surface area contributed by atoms with Crippen LogP contribution in [0.3, 0.4) is 0 Å². The molecule has 0 aromatic heterocycles. The first-order valence-corrected chi connectivity index (χ1v) is 8.05. The fraction of sp³-hybridized carbons (Fsp3) is 0.238. The summed E-state index contributed by atoms with van der Waals surface area (Å²) >= 11 is 0. The molecule has 0 amide bonds. The van der Waals surface area contributed by atoms with Gasteiger partial charge >= 0.3 is 0 Å². The molecule has 2 N–H and O–H groups in total. The maximum atomic E-state index is 10.7. The summed E-state index contributed by atoms with van der Waals surface area (Å²) in [5, 5.41) is 21.3. The van der Waals surface area contributed by atoms with Crippen LogP contribution in [0.1, 0.15) is 30.5 Å². The van der Waals surface area contributed by atoms with Gasteiger partial charge in [-0.1, -0.05) is 24.3 Å². The standard InChI is InChI=1S/C21H24O4/c1-6-8-14-10-16(19(22)18(11-14)24-4)17-12-15(9-7-2)13(3)21(25-5)20(17)23/h6-12,22-23H,1-5H3/b8-6+,9-7+. The van der Waals surface area contributed by atoms with Crippen LogP contribution in [0.5, 0.6) is 23.0 Å². The highest BCUT2D eigenvalue weighted by molar-refractivity contribution is 5.85. The second kappa shape index (κ2) is 7.79. The number of phenols is 2. The minimum atomic E-state index is -0.0246. The van der Waals surface area contributed by atoms with Gasteiger partial charge in [-0.3, -0.25) is 0 Å². The van der Waals surface area contributed by atoms with E-state index in [1.165, 1.54) is 14.2 Å². The molecule has 0 heterocycles. The average Bonchev–Trinajstić information content (AvgIpc) is 2.60. The Bertz CT molecular complexity index is 833. The summed E-state index contributed by atoms with van der Waals surface area (Å²) in [6.45, 7) is 5.72. The summed E-state index contributed by atoms with van der Waals surface area (Å²) in [5.41, 5.74) is 3.56. The average molecular weight is 340 g/mol. The molecule has 0 atom stereocenters. The number of allylic oxidation sites excluding steroid dienone is 2. The van der Waals surface area contributed by atoms with Crippen molar-refractivity contribution in [3.8, 4) is 34.1 Å². The van der Waals surface area contributed by atoms with Gasteiger partial charge in [0, 0.05) is 16.7 Å². The quantitative estimate of drug-likeness (QED) is 0.789. The van der Waals surface area contributed by atoms with Crippen molar-refractivity contribution in [1.29, 1.82) is 0 Å². The van der Waals surface area contributed by atoms with Crippen LogP contribution >= 0.6 is 0 Å². The molecule has 0 aliphatic carbocycles. The summed E-state index contributed by atoms with van der Waals surface area (Å²) in [6.07, 6.45) is 7.65. The first-order chi connectivity index (χ1) is 12.0. The van der Waals surface area contributed by atoms with Gasteiger partial charge in [0.15, 0.2) is 23.0 Å². The maximum absolute atomic E-state index is 10.7. The minimum absolute atomic E-state index is 0.0109. The molecule has 0 radical (unpaired) electrons. The lowest BCUT2D eigenvalue weighted by Gasteiger charge is -2.17. The van der Waals surface area contributed by atoms with Gasteiger partial charge in [-0.2, -0.15) is 0 Å². The smallest absolute Gasteiger partial charge is 0.166 e. The third-order valence-corrected chi connectivity index (χ3v) is 4.06. The van der Waals surface area contributed by atoms with E-state index in [2.05, 4.69) is 0 Å². The lowest BCUT2D eigenvalue weighted by molar-refractivity contribution is 0.369. The first kappa shape index (κ1) is 18.5. The normalized spacial score (nSPS) is 11.4. The van der Waals surface area contributed by atoms with Crippen LogP contribution in [0.4, 0.5) is 0 Å². The molecule has 0 fully saturated rings. The number of methoxy groups -OCH3 is 2. The van der Waals surface area contributed by atoms with Crippen molar-refractivity contribution in [2.75, 3.05) is 14.2 Å². The predicted octanol–water partition coefficient (Wildman–Crippen LogP) is 5.16. The Kier molecular flexibility index (Phi) is 5.75. The van der Waals surface area contributed by atoms with E-state index in [0.29, 0.717) is 22.6 Å². The van der Waals surface area contributed by atoms with Gasteiger partial charge in [0.05, 0.1) is 14.2 Å². The summed E-state index contributed by atoms with van der Waals surface area (Å²) < 4.78 is 10.7. The Labute approximate surface area is 148 Å². The predicted molar refractivity (Wildman–Crippen MR) is 102 cm³/mol. The van der Waals surface area contributed by atoms with Crippen molar-refractivity contribution < 1.29 is 19.7 Å². The molecule has 0 saturated carbocycles. The summed E-state index contributed by atoms with van der Waals surface area (Å²) in [4.78, 5) is 0. The number of hydrogen-bond acceptors (Lipinski definition) is 4. The van der Waals surface area contributed by atoms with Crippen LogP contribution in [0.15, 0.2) is 30.4 Å². The van der Waals surface area contributed by atoms with Crippen molar-refractivity contribution in [3.63, 3.8) is 0 Å². The number of hydrogen-bond donors (Lipinski definition) is 2. The highest BCUT2D eigenvalue weighted by Crippen LogP contribution is 2.47. The van der Waals surface area contributed by atoms with E-state index in [4.69, 9.17) is 9.47 Å². The summed E-state index contributed by atoms with van der Waals surface area (Å²) in [7, 11) is 3.01. The van der Waals surface area contributed by atoms with Crippen LogP contribution in [-0.2, 0) is 0 Å². The second-order valence-electron chi connectivity index (χ2n) is 5.64. The largest absolute Gasteiger partial charge is 0.504 e. The molecular weight excluding hydrogens is 316 g/mol. The van der Waals surface area contributed by atoms with Gasteiger partial charge in [-0.05, 0) is 50.1 Å². The molecule has 4 heteroatoms. The second-order valence-corrected chi connectivity index (χ2v) is 5.64. The van der Waals surface area contributed by atoms with Crippen LogP contribution in [0, 0.1) is 6.92 Å². The molecule has 0 aliphatic rings. The van der Waals surface area contributed by atoms with Crippen molar-refractivity contribution in [3.05, 3.63) is 47.0 Å². The number of ether oxygens (including phenoxy) is 2. The lowest BCUT2D eigenvalue weighted by Crippen LogP contribution is -1.95. The zero-order valence-electron chi connectivity index (χ0n) is 15.3. The van der Waals surface area contributed by atoms with Crippen LogP contribution in [-0.4, -0.2) is 24.4 Å². The zero-order valence-corrected chi connectivity index (χ0v) is 15.3. The van der Waals surface area contributed by atoms with Crippen LogP contribution in [0.25, 0.3) is 23.3 Å². The number of rotatable bonds is 5. The highest BCUT2D eigenvalue weighted by atomic mass is 16.5. The fourth-order valence-electron chi connectivity index (χ4n) is 2.85. The fourth-order valence-corrected chi connectivity index (χ4v) is 2.85. The molecule has 0 bridgehead atoms. The Morgan fingerprint density at radius 1 is 0.840 bits per heavy atom. The van der Waals surface area contributed by atoms with Crippen molar-refractivity contribution in [1.82, 2.24) is 0 Å². The third kappa shape index (κ3) is 3.48. The van der Waals surface area contributed by atoms with E-state index in [0.717, 1.165) is 16.7 Å². The third-order valence-electron chi connectivity index (χ3n) is 4.06. The van der Waals surface area contributed by atoms with E-state index in [9.17, 15) is 10.2 Å². The number of benzene rings is 2. The van der Waals surface area contributed by atoms with Crippen molar-refractivity contribution in [2.45, 2.75) is 20.8 Å². The Balaban J connectivity index is 2.85. The molecule has 2 aromatic rings. The van der Waals surface area contributed by atoms with Gasteiger partial charge < -0.3 is 19.7 Å². The molecule has 2 rings (SSSR count). The molecule has 0 unspecified atom stereocenters. The van der Waals surface area contributed by atoms with E-state index in [-0.39, 0.29) is 11.5 Å². The number of aromatic hydroxyl groups is 2. The van der Waals surface area contributed by atoms with E-state index < -0.39 is 0 Å². The highest BCUT2D eigenvalue weighted by Gasteiger charge is 2.20. The molecule has 0 spiro atoms.